The molecular formula is C21H23FN2O7. The maximum absolute atomic E-state index is 13.1. The average Bonchev–Trinajstić information content (AvgIpc) is 2.76. The number of amides is 2. The Hall–Kier alpha value is -3.82. The molecule has 0 aliphatic heterocycles. The minimum atomic E-state index is -1.05. The van der Waals surface area contributed by atoms with Gasteiger partial charge in [0.1, 0.15) is 11.9 Å². The fraction of sp³-hybridized carbons (Fsp3) is 0.286. The molecule has 0 radical (unpaired) electrons. The van der Waals surface area contributed by atoms with Gasteiger partial charge in [-0.3, -0.25) is 9.59 Å². The van der Waals surface area contributed by atoms with Crippen LogP contribution in [0.2, 0.25) is 0 Å². The Kier molecular flexibility index (Phi) is 8.18. The first-order chi connectivity index (χ1) is 14.8. The topological polar surface area (TPSA) is 112 Å². The SMILES string of the molecule is COc1cc(C(=O)N[C@H](C)C(=O)OCC(=O)Nc2cccc(F)c2)cc(OC)c1OC. The smallest absolute Gasteiger partial charge is 0.328 e. The predicted octanol–water partition coefficient (Wildman–Crippen LogP) is 2.15. The lowest BCUT2D eigenvalue weighted by Crippen LogP contribution is -2.40. The van der Waals surface area contributed by atoms with Gasteiger partial charge in [0.15, 0.2) is 18.1 Å². The lowest BCUT2D eigenvalue weighted by molar-refractivity contribution is -0.148. The summed E-state index contributed by atoms with van der Waals surface area (Å²) in [7, 11) is 4.25. The molecule has 9 nitrogen and oxygen atoms in total. The van der Waals surface area contributed by atoms with Gasteiger partial charge in [0.05, 0.1) is 21.3 Å². The van der Waals surface area contributed by atoms with Crippen LogP contribution in [0.4, 0.5) is 10.1 Å². The van der Waals surface area contributed by atoms with Crippen LogP contribution in [0.15, 0.2) is 36.4 Å². The molecule has 2 rings (SSSR count). The molecule has 0 unspecified atom stereocenters. The Morgan fingerprint density at radius 1 is 1.00 bits per heavy atom. The molecule has 1 atom stereocenters. The van der Waals surface area contributed by atoms with Crippen LogP contribution in [0.5, 0.6) is 17.2 Å². The van der Waals surface area contributed by atoms with Gasteiger partial charge in [-0.15, -0.1) is 0 Å². The highest BCUT2D eigenvalue weighted by atomic mass is 19.1. The number of ether oxygens (including phenoxy) is 4. The largest absolute Gasteiger partial charge is 0.493 e. The number of carbonyl (C=O) groups excluding carboxylic acids is 3. The van der Waals surface area contributed by atoms with Crippen LogP contribution in [-0.4, -0.2) is 51.8 Å². The van der Waals surface area contributed by atoms with E-state index in [-0.39, 0.29) is 22.7 Å². The molecular weight excluding hydrogens is 411 g/mol. The highest BCUT2D eigenvalue weighted by Crippen LogP contribution is 2.38. The van der Waals surface area contributed by atoms with E-state index < -0.39 is 36.2 Å². The number of nitrogens with one attached hydrogen (secondary N) is 2. The van der Waals surface area contributed by atoms with Crippen LogP contribution in [-0.2, 0) is 14.3 Å². The number of esters is 1. The van der Waals surface area contributed by atoms with Gasteiger partial charge in [-0.05, 0) is 37.3 Å². The molecule has 0 spiro atoms. The normalized spacial score (nSPS) is 11.1. The number of methoxy groups -OCH3 is 3. The van der Waals surface area contributed by atoms with E-state index in [0.29, 0.717) is 5.75 Å². The first-order valence-electron chi connectivity index (χ1n) is 9.12. The lowest BCUT2D eigenvalue weighted by atomic mass is 10.1. The van der Waals surface area contributed by atoms with Crippen molar-refractivity contribution in [2.24, 2.45) is 0 Å². The Bertz CT molecular complexity index is 939. The van der Waals surface area contributed by atoms with E-state index in [4.69, 9.17) is 18.9 Å². The maximum Gasteiger partial charge on any atom is 0.328 e. The number of halogens is 1. The summed E-state index contributed by atoms with van der Waals surface area (Å²) < 4.78 is 33.6. The van der Waals surface area contributed by atoms with Gasteiger partial charge >= 0.3 is 5.97 Å². The summed E-state index contributed by atoms with van der Waals surface area (Å²) in [6, 6.07) is 7.09. The molecule has 166 valence electrons. The van der Waals surface area contributed by atoms with Crippen molar-refractivity contribution < 1.29 is 37.7 Å². The summed E-state index contributed by atoms with van der Waals surface area (Å²) in [5.74, 6) is -1.71. The molecule has 2 amide bonds. The first kappa shape index (κ1) is 23.5. The van der Waals surface area contributed by atoms with Crippen LogP contribution >= 0.6 is 0 Å². The van der Waals surface area contributed by atoms with Gasteiger partial charge in [0.2, 0.25) is 5.75 Å². The number of hydrogen-bond acceptors (Lipinski definition) is 7. The van der Waals surface area contributed by atoms with E-state index in [0.717, 1.165) is 6.07 Å². The molecule has 0 heterocycles. The Morgan fingerprint density at radius 2 is 1.65 bits per heavy atom. The average molecular weight is 434 g/mol. The molecule has 0 aliphatic rings. The zero-order chi connectivity index (χ0) is 23.0. The molecule has 0 fully saturated rings. The highest BCUT2D eigenvalue weighted by molar-refractivity contribution is 5.98. The standard InChI is InChI=1S/C21H23FN2O7/c1-12(21(27)31-11-18(25)24-15-7-5-6-14(22)10-15)23-20(26)13-8-16(28-2)19(30-4)17(9-13)29-3/h5-10,12H,11H2,1-4H3,(H,23,26)(H,24,25)/t12-/m1/s1. The van der Waals surface area contributed by atoms with E-state index in [9.17, 15) is 18.8 Å². The fourth-order valence-electron chi connectivity index (χ4n) is 2.58. The number of carbonyl (C=O) groups is 3. The number of anilines is 1. The second kappa shape index (κ2) is 10.8. The van der Waals surface area contributed by atoms with Crippen molar-refractivity contribution in [1.29, 1.82) is 0 Å². The van der Waals surface area contributed by atoms with Crippen molar-refractivity contribution in [2.45, 2.75) is 13.0 Å². The summed E-state index contributed by atoms with van der Waals surface area (Å²) in [6.07, 6.45) is 0. The summed E-state index contributed by atoms with van der Waals surface area (Å²) in [5.41, 5.74) is 0.391. The molecule has 0 bridgehead atoms. The predicted molar refractivity (Wildman–Crippen MR) is 109 cm³/mol. The third kappa shape index (κ3) is 6.33. The Morgan fingerprint density at radius 3 is 2.19 bits per heavy atom. The monoisotopic (exact) mass is 434 g/mol. The maximum atomic E-state index is 13.1. The zero-order valence-corrected chi connectivity index (χ0v) is 17.5. The van der Waals surface area contributed by atoms with Crippen LogP contribution in [0.3, 0.4) is 0 Å². The fourth-order valence-corrected chi connectivity index (χ4v) is 2.58. The van der Waals surface area contributed by atoms with Crippen molar-refractivity contribution in [3.05, 3.63) is 47.8 Å². The molecule has 0 saturated heterocycles. The summed E-state index contributed by atoms with van der Waals surface area (Å²) >= 11 is 0. The van der Waals surface area contributed by atoms with Crippen molar-refractivity contribution in [1.82, 2.24) is 5.32 Å². The van der Waals surface area contributed by atoms with E-state index in [1.54, 1.807) is 0 Å². The van der Waals surface area contributed by atoms with Crippen LogP contribution < -0.4 is 24.8 Å². The molecule has 31 heavy (non-hydrogen) atoms. The van der Waals surface area contributed by atoms with Crippen LogP contribution in [0.25, 0.3) is 0 Å². The van der Waals surface area contributed by atoms with Crippen molar-refractivity contribution in [3.8, 4) is 17.2 Å². The Balaban J connectivity index is 1.94. The molecule has 2 N–H and O–H groups in total. The van der Waals surface area contributed by atoms with Crippen LogP contribution in [0, 0.1) is 5.82 Å². The van der Waals surface area contributed by atoms with Gasteiger partial charge in [-0.25, -0.2) is 9.18 Å². The molecule has 0 aromatic heterocycles. The number of benzene rings is 2. The van der Waals surface area contributed by atoms with E-state index in [2.05, 4.69) is 10.6 Å². The quantitative estimate of drug-likeness (QED) is 0.582. The second-order valence-electron chi connectivity index (χ2n) is 6.28. The van der Waals surface area contributed by atoms with Gasteiger partial charge in [0.25, 0.3) is 11.8 Å². The molecule has 0 aliphatic carbocycles. The van der Waals surface area contributed by atoms with Gasteiger partial charge in [0, 0.05) is 11.3 Å². The van der Waals surface area contributed by atoms with Crippen molar-refractivity contribution in [2.75, 3.05) is 33.3 Å². The lowest BCUT2D eigenvalue weighted by Gasteiger charge is -2.16. The summed E-state index contributed by atoms with van der Waals surface area (Å²) in [4.78, 5) is 36.5. The van der Waals surface area contributed by atoms with Gasteiger partial charge in [-0.1, -0.05) is 6.07 Å². The summed E-state index contributed by atoms with van der Waals surface area (Å²) in [5, 5.41) is 4.87. The molecule has 2 aromatic rings. The third-order valence-electron chi connectivity index (χ3n) is 4.08. The molecule has 10 heteroatoms. The first-order valence-corrected chi connectivity index (χ1v) is 9.12. The number of hydrogen-bond donors (Lipinski definition) is 2. The highest BCUT2D eigenvalue weighted by Gasteiger charge is 2.22. The van der Waals surface area contributed by atoms with Crippen molar-refractivity contribution >= 4 is 23.5 Å². The van der Waals surface area contributed by atoms with E-state index >= 15 is 0 Å². The minimum Gasteiger partial charge on any atom is -0.493 e. The Labute approximate surface area is 178 Å². The van der Waals surface area contributed by atoms with Gasteiger partial charge in [-0.2, -0.15) is 0 Å². The van der Waals surface area contributed by atoms with E-state index in [1.165, 1.54) is 58.6 Å². The minimum absolute atomic E-state index is 0.165. The van der Waals surface area contributed by atoms with Crippen molar-refractivity contribution in [3.63, 3.8) is 0 Å². The zero-order valence-electron chi connectivity index (χ0n) is 17.5. The molecule has 0 saturated carbocycles. The van der Waals surface area contributed by atoms with E-state index in [1.807, 2.05) is 0 Å². The van der Waals surface area contributed by atoms with Gasteiger partial charge < -0.3 is 29.6 Å². The number of rotatable bonds is 9. The third-order valence-corrected chi connectivity index (χ3v) is 4.08. The molecule has 2 aromatic carbocycles. The second-order valence-corrected chi connectivity index (χ2v) is 6.28. The van der Waals surface area contributed by atoms with Crippen LogP contribution in [0.1, 0.15) is 17.3 Å². The summed E-state index contributed by atoms with van der Waals surface area (Å²) in [6.45, 7) is 0.808.